The van der Waals surface area contributed by atoms with E-state index in [9.17, 15) is 9.59 Å². The molecule has 108 valence electrons. The summed E-state index contributed by atoms with van der Waals surface area (Å²) in [5.41, 5.74) is 1.32. The Labute approximate surface area is 118 Å². The van der Waals surface area contributed by atoms with Gasteiger partial charge in [-0.05, 0) is 18.6 Å². The third-order valence-corrected chi connectivity index (χ3v) is 3.62. The maximum absolute atomic E-state index is 12.4. The van der Waals surface area contributed by atoms with E-state index in [0.29, 0.717) is 23.5 Å². The topological polar surface area (TPSA) is 55.8 Å². The van der Waals surface area contributed by atoms with Gasteiger partial charge in [-0.3, -0.25) is 9.59 Å². The number of Topliss-reactive ketones (excluding diaryl/α,β-unsaturated/α-hetero) is 1. The maximum atomic E-state index is 12.4. The van der Waals surface area contributed by atoms with Gasteiger partial charge in [0, 0.05) is 32.0 Å². The van der Waals surface area contributed by atoms with E-state index in [1.165, 1.54) is 12.0 Å². The normalized spacial score (nSPS) is 17.4. The van der Waals surface area contributed by atoms with Gasteiger partial charge < -0.3 is 14.4 Å². The Bertz CT molecular complexity index is 551. The van der Waals surface area contributed by atoms with Gasteiger partial charge in [-0.15, -0.1) is 0 Å². The Balaban J connectivity index is 2.48. The summed E-state index contributed by atoms with van der Waals surface area (Å²) in [5.74, 6) is 0.744. The van der Waals surface area contributed by atoms with Crippen LogP contribution in [0.4, 0.5) is 0 Å². The Morgan fingerprint density at radius 2 is 1.75 bits per heavy atom. The zero-order valence-corrected chi connectivity index (χ0v) is 12.2. The molecule has 1 aromatic carbocycles. The molecule has 0 spiro atoms. The lowest BCUT2D eigenvalue weighted by molar-refractivity contribution is -0.133. The summed E-state index contributed by atoms with van der Waals surface area (Å²) in [4.78, 5) is 26.0. The van der Waals surface area contributed by atoms with Crippen LogP contribution in [0.25, 0.3) is 0 Å². The van der Waals surface area contributed by atoms with Gasteiger partial charge in [-0.25, -0.2) is 0 Å². The molecule has 1 aromatic rings. The molecule has 0 aromatic heterocycles. The fourth-order valence-electron chi connectivity index (χ4n) is 2.66. The van der Waals surface area contributed by atoms with Crippen molar-refractivity contribution in [1.82, 2.24) is 4.90 Å². The zero-order valence-electron chi connectivity index (χ0n) is 12.2. The van der Waals surface area contributed by atoms with E-state index in [0.717, 1.165) is 5.56 Å². The first-order chi connectivity index (χ1) is 9.49. The number of ether oxygens (including phenoxy) is 2. The van der Waals surface area contributed by atoms with Crippen LogP contribution in [0.5, 0.6) is 11.5 Å². The lowest BCUT2D eigenvalue weighted by Crippen LogP contribution is -2.35. The number of hydrogen-bond donors (Lipinski definition) is 0. The van der Waals surface area contributed by atoms with Crippen LogP contribution >= 0.6 is 0 Å². The van der Waals surface area contributed by atoms with Crippen LogP contribution in [0, 0.1) is 5.92 Å². The number of hydrogen-bond acceptors (Lipinski definition) is 4. The van der Waals surface area contributed by atoms with E-state index in [2.05, 4.69) is 0 Å². The number of ketones is 1. The van der Waals surface area contributed by atoms with Crippen molar-refractivity contribution >= 4 is 11.7 Å². The van der Waals surface area contributed by atoms with E-state index in [1.807, 2.05) is 0 Å². The molecule has 1 aliphatic carbocycles. The standard InChI is InChI=1S/C15H19NO4/c1-16(2)15(18)9-7-10-12(19-3)5-6-13(20-4)14(10)11(17)8-9/h5-6,9H,7-8H2,1-4H3. The van der Waals surface area contributed by atoms with Crippen LogP contribution < -0.4 is 9.47 Å². The summed E-state index contributed by atoms with van der Waals surface area (Å²) < 4.78 is 10.6. The zero-order chi connectivity index (χ0) is 14.9. The van der Waals surface area contributed by atoms with Crippen molar-refractivity contribution in [3.63, 3.8) is 0 Å². The first-order valence-electron chi connectivity index (χ1n) is 6.47. The maximum Gasteiger partial charge on any atom is 0.225 e. The van der Waals surface area contributed by atoms with E-state index >= 15 is 0 Å². The number of benzene rings is 1. The average Bonchev–Trinajstić information content (AvgIpc) is 2.44. The summed E-state index contributed by atoms with van der Waals surface area (Å²) in [6.07, 6.45) is 0.714. The molecule has 2 rings (SSSR count). The highest BCUT2D eigenvalue weighted by molar-refractivity contribution is 6.04. The first kappa shape index (κ1) is 14.4. The molecule has 0 fully saturated rings. The smallest absolute Gasteiger partial charge is 0.225 e. The van der Waals surface area contributed by atoms with Gasteiger partial charge in [-0.1, -0.05) is 0 Å². The average molecular weight is 277 g/mol. The van der Waals surface area contributed by atoms with Crippen molar-refractivity contribution < 1.29 is 19.1 Å². The second kappa shape index (κ2) is 5.53. The predicted molar refractivity (Wildman–Crippen MR) is 74.4 cm³/mol. The molecular weight excluding hydrogens is 258 g/mol. The van der Waals surface area contributed by atoms with Crippen LogP contribution in [0.2, 0.25) is 0 Å². The van der Waals surface area contributed by atoms with Crippen LogP contribution in [0.1, 0.15) is 22.3 Å². The fraction of sp³-hybridized carbons (Fsp3) is 0.467. The number of carbonyl (C=O) groups excluding carboxylic acids is 2. The first-order valence-corrected chi connectivity index (χ1v) is 6.47. The minimum atomic E-state index is -0.328. The monoisotopic (exact) mass is 277 g/mol. The van der Waals surface area contributed by atoms with Gasteiger partial charge in [0.25, 0.3) is 0 Å². The van der Waals surface area contributed by atoms with E-state index in [1.54, 1.807) is 33.3 Å². The Morgan fingerprint density at radius 1 is 1.15 bits per heavy atom. The third-order valence-electron chi connectivity index (χ3n) is 3.62. The molecule has 0 aliphatic heterocycles. The molecule has 0 radical (unpaired) electrons. The van der Waals surface area contributed by atoms with Crippen LogP contribution in [-0.4, -0.2) is 44.9 Å². The van der Waals surface area contributed by atoms with E-state index in [4.69, 9.17) is 9.47 Å². The molecule has 0 heterocycles. The summed E-state index contributed by atoms with van der Waals surface area (Å²) in [6.45, 7) is 0. The highest BCUT2D eigenvalue weighted by Gasteiger charge is 2.34. The molecule has 0 saturated carbocycles. The highest BCUT2D eigenvalue weighted by Crippen LogP contribution is 2.38. The number of fused-ring (bicyclic) bond motifs is 1. The Kier molecular flexibility index (Phi) is 3.97. The molecule has 1 amide bonds. The lowest BCUT2D eigenvalue weighted by Gasteiger charge is -2.27. The third kappa shape index (κ3) is 2.35. The van der Waals surface area contributed by atoms with E-state index in [-0.39, 0.29) is 24.0 Å². The summed E-state index contributed by atoms with van der Waals surface area (Å²) in [7, 11) is 6.49. The molecule has 5 nitrogen and oxygen atoms in total. The van der Waals surface area contributed by atoms with Gasteiger partial charge in [0.05, 0.1) is 19.8 Å². The van der Waals surface area contributed by atoms with Gasteiger partial charge in [0.1, 0.15) is 11.5 Å². The van der Waals surface area contributed by atoms with Gasteiger partial charge in [-0.2, -0.15) is 0 Å². The minimum Gasteiger partial charge on any atom is -0.496 e. The van der Waals surface area contributed by atoms with E-state index < -0.39 is 0 Å². The number of methoxy groups -OCH3 is 2. The second-order valence-corrected chi connectivity index (χ2v) is 5.08. The quantitative estimate of drug-likeness (QED) is 0.841. The minimum absolute atomic E-state index is 0.0335. The molecule has 1 aliphatic rings. The molecule has 20 heavy (non-hydrogen) atoms. The highest BCUT2D eigenvalue weighted by atomic mass is 16.5. The molecular formula is C15H19NO4. The number of carbonyl (C=O) groups is 2. The summed E-state index contributed by atoms with van der Waals surface area (Å²) in [5, 5.41) is 0. The van der Waals surface area contributed by atoms with Crippen LogP contribution in [0.15, 0.2) is 12.1 Å². The molecule has 0 N–H and O–H groups in total. The molecule has 1 unspecified atom stereocenters. The molecule has 5 heteroatoms. The van der Waals surface area contributed by atoms with Gasteiger partial charge in [0.15, 0.2) is 5.78 Å². The number of nitrogens with zero attached hydrogens (tertiary/aromatic N) is 1. The largest absolute Gasteiger partial charge is 0.496 e. The molecule has 1 atom stereocenters. The van der Waals surface area contributed by atoms with Crippen molar-refractivity contribution in [1.29, 1.82) is 0 Å². The fourth-order valence-corrected chi connectivity index (χ4v) is 2.66. The predicted octanol–water partition coefficient (Wildman–Crippen LogP) is 1.54. The molecule has 0 saturated heterocycles. The summed E-state index contributed by atoms with van der Waals surface area (Å²) >= 11 is 0. The van der Waals surface area contributed by atoms with Crippen molar-refractivity contribution in [3.8, 4) is 11.5 Å². The number of rotatable bonds is 3. The van der Waals surface area contributed by atoms with Crippen molar-refractivity contribution in [2.45, 2.75) is 12.8 Å². The van der Waals surface area contributed by atoms with Crippen LogP contribution in [0.3, 0.4) is 0 Å². The SMILES string of the molecule is COc1ccc(OC)c2c1CC(C(=O)N(C)C)CC2=O. The Hall–Kier alpha value is -2.04. The van der Waals surface area contributed by atoms with Crippen molar-refractivity contribution in [2.75, 3.05) is 28.3 Å². The second-order valence-electron chi connectivity index (χ2n) is 5.08. The molecule has 0 bridgehead atoms. The Morgan fingerprint density at radius 3 is 2.30 bits per heavy atom. The van der Waals surface area contributed by atoms with Crippen molar-refractivity contribution in [3.05, 3.63) is 23.3 Å². The summed E-state index contributed by atoms with van der Waals surface area (Å²) in [6, 6.07) is 3.50. The van der Waals surface area contributed by atoms with Crippen molar-refractivity contribution in [2.24, 2.45) is 5.92 Å². The van der Waals surface area contributed by atoms with Crippen LogP contribution in [-0.2, 0) is 11.2 Å². The lowest BCUT2D eigenvalue weighted by atomic mass is 9.81. The van der Waals surface area contributed by atoms with Gasteiger partial charge in [0.2, 0.25) is 5.91 Å². The number of amides is 1. The van der Waals surface area contributed by atoms with Gasteiger partial charge >= 0.3 is 0 Å².